The van der Waals surface area contributed by atoms with Crippen LogP contribution >= 0.6 is 0 Å². The number of halogens is 3. The first-order valence-electron chi connectivity index (χ1n) is 4.24. The van der Waals surface area contributed by atoms with Crippen LogP contribution in [0.25, 0.3) is 0 Å². The van der Waals surface area contributed by atoms with Crippen LogP contribution in [0.15, 0.2) is 0 Å². The highest BCUT2D eigenvalue weighted by atomic mass is 32.2. The van der Waals surface area contributed by atoms with Crippen LogP contribution in [0.5, 0.6) is 0 Å². The van der Waals surface area contributed by atoms with Crippen molar-refractivity contribution < 1.29 is 26.4 Å². The van der Waals surface area contributed by atoms with Gasteiger partial charge in [-0.2, -0.15) is 13.2 Å². The fourth-order valence-corrected chi connectivity index (χ4v) is 3.04. The summed E-state index contributed by atoms with van der Waals surface area (Å²) >= 11 is 0. The van der Waals surface area contributed by atoms with Crippen molar-refractivity contribution in [3.05, 3.63) is 0 Å². The Hall–Kier alpha value is -0.790. The zero-order valence-corrected chi connectivity index (χ0v) is 8.49. The lowest BCUT2D eigenvalue weighted by Crippen LogP contribution is -2.37. The molecule has 8 heteroatoms. The second kappa shape index (κ2) is 3.99. The Labute approximate surface area is 84.8 Å². The predicted octanol–water partition coefficient (Wildman–Crippen LogP) is 0.242. The van der Waals surface area contributed by atoms with E-state index in [1.165, 1.54) is 0 Å². The number of hydrogen-bond donors (Lipinski definition) is 1. The normalized spacial score (nSPS) is 25.1. The first-order chi connectivity index (χ1) is 6.68. The standard InChI is InChI=1S/C7H10F3NO3S/c8-7(9,10)3-6(12)11-5-1-2-15(13,14)4-5/h5H,1-4H2,(H,11,12)/t5-/m1/s1. The SMILES string of the molecule is O=C(CC(F)(F)F)N[C@@H]1CCS(=O)(=O)C1. The van der Waals surface area contributed by atoms with E-state index in [1.54, 1.807) is 0 Å². The van der Waals surface area contributed by atoms with E-state index in [4.69, 9.17) is 0 Å². The second-order valence-electron chi connectivity index (χ2n) is 3.46. The molecule has 1 N–H and O–H groups in total. The van der Waals surface area contributed by atoms with Crippen LogP contribution < -0.4 is 5.32 Å². The van der Waals surface area contributed by atoms with Crippen molar-refractivity contribution >= 4 is 15.7 Å². The molecule has 1 amide bonds. The van der Waals surface area contributed by atoms with E-state index >= 15 is 0 Å². The average molecular weight is 245 g/mol. The van der Waals surface area contributed by atoms with Gasteiger partial charge in [0.25, 0.3) is 0 Å². The number of sulfone groups is 1. The number of hydrogen-bond acceptors (Lipinski definition) is 3. The molecule has 0 aromatic heterocycles. The van der Waals surface area contributed by atoms with Crippen LogP contribution in [0.1, 0.15) is 12.8 Å². The number of nitrogens with one attached hydrogen (secondary N) is 1. The third-order valence-electron chi connectivity index (χ3n) is 1.96. The summed E-state index contributed by atoms with van der Waals surface area (Å²) in [6.45, 7) is 0. The molecular formula is C7H10F3NO3S. The molecule has 1 heterocycles. The fraction of sp³-hybridized carbons (Fsp3) is 0.857. The van der Waals surface area contributed by atoms with Gasteiger partial charge in [0.2, 0.25) is 5.91 Å². The van der Waals surface area contributed by atoms with Crippen LogP contribution in [-0.4, -0.2) is 38.0 Å². The molecule has 4 nitrogen and oxygen atoms in total. The van der Waals surface area contributed by atoms with Gasteiger partial charge < -0.3 is 5.32 Å². The third kappa shape index (κ3) is 4.50. The molecule has 0 aromatic carbocycles. The monoisotopic (exact) mass is 245 g/mol. The highest BCUT2D eigenvalue weighted by Gasteiger charge is 2.34. The van der Waals surface area contributed by atoms with Crippen molar-refractivity contribution in [2.45, 2.75) is 25.1 Å². The summed E-state index contributed by atoms with van der Waals surface area (Å²) in [6, 6.07) is -0.676. The van der Waals surface area contributed by atoms with Crippen LogP contribution in [-0.2, 0) is 14.6 Å². The topological polar surface area (TPSA) is 63.2 Å². The summed E-state index contributed by atoms with van der Waals surface area (Å²) in [5.41, 5.74) is 0. The number of carbonyl (C=O) groups excluding carboxylic acids is 1. The lowest BCUT2D eigenvalue weighted by molar-refractivity contribution is -0.154. The van der Waals surface area contributed by atoms with Gasteiger partial charge in [0.05, 0.1) is 11.5 Å². The number of rotatable bonds is 2. The average Bonchev–Trinajstić information content (AvgIpc) is 2.25. The Kier molecular flexibility index (Phi) is 3.27. The Bertz CT molecular complexity index is 349. The molecule has 0 saturated carbocycles. The molecule has 0 radical (unpaired) electrons. The molecule has 88 valence electrons. The molecule has 0 unspecified atom stereocenters. The van der Waals surface area contributed by atoms with E-state index in [-0.39, 0.29) is 17.9 Å². The van der Waals surface area contributed by atoms with Crippen molar-refractivity contribution in [3.8, 4) is 0 Å². The molecule has 0 aliphatic carbocycles. The lowest BCUT2D eigenvalue weighted by atomic mass is 10.2. The molecule has 15 heavy (non-hydrogen) atoms. The number of amides is 1. The Morgan fingerprint density at radius 1 is 1.40 bits per heavy atom. The van der Waals surface area contributed by atoms with E-state index in [9.17, 15) is 26.4 Å². The molecular weight excluding hydrogens is 235 g/mol. The maximum Gasteiger partial charge on any atom is 0.397 e. The van der Waals surface area contributed by atoms with Crippen molar-refractivity contribution in [2.24, 2.45) is 0 Å². The zero-order valence-electron chi connectivity index (χ0n) is 7.67. The Balaban J connectivity index is 2.41. The van der Waals surface area contributed by atoms with Crippen LogP contribution in [0.3, 0.4) is 0 Å². The van der Waals surface area contributed by atoms with Gasteiger partial charge >= 0.3 is 6.18 Å². The van der Waals surface area contributed by atoms with E-state index in [2.05, 4.69) is 5.32 Å². The lowest BCUT2D eigenvalue weighted by Gasteiger charge is -2.11. The molecule has 0 aromatic rings. The maximum absolute atomic E-state index is 11.8. The molecule has 1 saturated heterocycles. The van der Waals surface area contributed by atoms with Gasteiger partial charge in [-0.25, -0.2) is 8.42 Å². The van der Waals surface area contributed by atoms with Crippen LogP contribution in [0.2, 0.25) is 0 Å². The third-order valence-corrected chi connectivity index (χ3v) is 3.73. The van der Waals surface area contributed by atoms with Crippen LogP contribution in [0, 0.1) is 0 Å². The maximum atomic E-state index is 11.8. The molecule has 1 atom stereocenters. The number of carbonyl (C=O) groups is 1. The first-order valence-corrected chi connectivity index (χ1v) is 6.07. The van der Waals surface area contributed by atoms with E-state index in [0.717, 1.165) is 0 Å². The summed E-state index contributed by atoms with van der Waals surface area (Å²) in [4.78, 5) is 10.8. The molecule has 1 fully saturated rings. The van der Waals surface area contributed by atoms with Gasteiger partial charge in [-0.1, -0.05) is 0 Å². The van der Waals surface area contributed by atoms with Gasteiger partial charge in [0.1, 0.15) is 6.42 Å². The van der Waals surface area contributed by atoms with E-state index in [1.807, 2.05) is 0 Å². The molecule has 0 bridgehead atoms. The molecule has 1 aliphatic rings. The van der Waals surface area contributed by atoms with E-state index in [0.29, 0.717) is 0 Å². The smallest absolute Gasteiger partial charge is 0.352 e. The summed E-state index contributed by atoms with van der Waals surface area (Å²) in [6.07, 6.45) is -5.93. The fourth-order valence-electron chi connectivity index (χ4n) is 1.37. The van der Waals surface area contributed by atoms with Crippen molar-refractivity contribution in [3.63, 3.8) is 0 Å². The quantitative estimate of drug-likeness (QED) is 0.758. The van der Waals surface area contributed by atoms with Gasteiger partial charge in [0.15, 0.2) is 9.84 Å². The minimum atomic E-state index is -4.55. The van der Waals surface area contributed by atoms with Crippen molar-refractivity contribution in [1.82, 2.24) is 5.32 Å². The van der Waals surface area contributed by atoms with Gasteiger partial charge in [0, 0.05) is 6.04 Å². The summed E-state index contributed by atoms with van der Waals surface area (Å²) in [5, 5.41) is 2.05. The van der Waals surface area contributed by atoms with Gasteiger partial charge in [-0.3, -0.25) is 4.79 Å². The molecule has 1 aliphatic heterocycles. The van der Waals surface area contributed by atoms with Gasteiger partial charge in [-0.15, -0.1) is 0 Å². The Morgan fingerprint density at radius 2 is 2.00 bits per heavy atom. The van der Waals surface area contributed by atoms with Crippen molar-refractivity contribution in [2.75, 3.05) is 11.5 Å². The Morgan fingerprint density at radius 3 is 2.40 bits per heavy atom. The van der Waals surface area contributed by atoms with E-state index < -0.39 is 34.4 Å². The molecule has 1 rings (SSSR count). The largest absolute Gasteiger partial charge is 0.397 e. The molecule has 0 spiro atoms. The minimum absolute atomic E-state index is 0.0794. The summed E-state index contributed by atoms with van der Waals surface area (Å²) in [7, 11) is -3.18. The predicted molar refractivity (Wildman–Crippen MR) is 45.9 cm³/mol. The second-order valence-corrected chi connectivity index (χ2v) is 5.69. The minimum Gasteiger partial charge on any atom is -0.352 e. The number of alkyl halides is 3. The summed E-state index contributed by atoms with van der Waals surface area (Å²) < 4.78 is 57.1. The van der Waals surface area contributed by atoms with Gasteiger partial charge in [-0.05, 0) is 6.42 Å². The zero-order chi connectivity index (χ0) is 11.7. The highest BCUT2D eigenvalue weighted by molar-refractivity contribution is 7.91. The first kappa shape index (κ1) is 12.3. The highest BCUT2D eigenvalue weighted by Crippen LogP contribution is 2.19. The van der Waals surface area contributed by atoms with Crippen molar-refractivity contribution in [1.29, 1.82) is 0 Å². The van der Waals surface area contributed by atoms with Crippen LogP contribution in [0.4, 0.5) is 13.2 Å². The summed E-state index contributed by atoms with van der Waals surface area (Å²) in [5.74, 6) is -1.52.